The van der Waals surface area contributed by atoms with Crippen LogP contribution in [0.3, 0.4) is 0 Å². The molecule has 0 bridgehead atoms. The van der Waals surface area contributed by atoms with Gasteiger partial charge in [-0.05, 0) is 11.5 Å². The van der Waals surface area contributed by atoms with Crippen molar-refractivity contribution >= 4 is 11.8 Å². The van der Waals surface area contributed by atoms with Crippen molar-refractivity contribution in [2.75, 3.05) is 26.8 Å². The molecule has 2 rings (SSSR count). The summed E-state index contributed by atoms with van der Waals surface area (Å²) < 4.78 is 4.82. The quantitative estimate of drug-likeness (QED) is 0.804. The van der Waals surface area contributed by atoms with E-state index in [-0.39, 0.29) is 36.3 Å². The summed E-state index contributed by atoms with van der Waals surface area (Å²) in [5.41, 5.74) is 7.41. The average molecular weight is 333 g/mol. The van der Waals surface area contributed by atoms with Crippen molar-refractivity contribution in [1.82, 2.24) is 10.2 Å². The first-order valence-corrected chi connectivity index (χ1v) is 8.31. The SMILES string of the molecule is COCC(=O)N[C@H](C(=O)N1C[C@@H](N)[C@H](c2ccccc2)C1)C(C)C. The average Bonchev–Trinajstić information content (AvgIpc) is 2.95. The molecule has 0 radical (unpaired) electrons. The number of benzene rings is 1. The summed E-state index contributed by atoms with van der Waals surface area (Å²) in [5, 5.41) is 2.77. The number of nitrogens with zero attached hydrogens (tertiary/aromatic N) is 1. The first-order chi connectivity index (χ1) is 11.4. The molecule has 1 aromatic carbocycles. The number of methoxy groups -OCH3 is 1. The lowest BCUT2D eigenvalue weighted by Gasteiger charge is -2.27. The molecule has 2 amide bonds. The molecule has 3 N–H and O–H groups in total. The second-order valence-electron chi connectivity index (χ2n) is 6.65. The number of hydrogen-bond donors (Lipinski definition) is 2. The zero-order valence-corrected chi connectivity index (χ0v) is 14.6. The fraction of sp³-hybridized carbons (Fsp3) is 0.556. The van der Waals surface area contributed by atoms with Crippen LogP contribution in [-0.2, 0) is 14.3 Å². The van der Waals surface area contributed by atoms with Gasteiger partial charge in [-0.15, -0.1) is 0 Å². The van der Waals surface area contributed by atoms with Gasteiger partial charge in [-0.25, -0.2) is 0 Å². The van der Waals surface area contributed by atoms with E-state index in [9.17, 15) is 9.59 Å². The van der Waals surface area contributed by atoms with Crippen LogP contribution < -0.4 is 11.1 Å². The van der Waals surface area contributed by atoms with Gasteiger partial charge >= 0.3 is 0 Å². The zero-order valence-electron chi connectivity index (χ0n) is 14.6. The molecule has 6 nitrogen and oxygen atoms in total. The lowest BCUT2D eigenvalue weighted by Crippen LogP contribution is -2.51. The highest BCUT2D eigenvalue weighted by atomic mass is 16.5. The smallest absolute Gasteiger partial charge is 0.246 e. The highest BCUT2D eigenvalue weighted by molar-refractivity contribution is 5.88. The maximum atomic E-state index is 12.9. The summed E-state index contributed by atoms with van der Waals surface area (Å²) in [6.45, 7) is 4.86. The number of hydrogen-bond acceptors (Lipinski definition) is 4. The summed E-state index contributed by atoms with van der Waals surface area (Å²) in [6, 6.07) is 9.35. The Morgan fingerprint density at radius 2 is 1.96 bits per heavy atom. The van der Waals surface area contributed by atoms with Crippen molar-refractivity contribution in [2.45, 2.75) is 31.8 Å². The van der Waals surface area contributed by atoms with Crippen LogP contribution in [-0.4, -0.2) is 55.6 Å². The van der Waals surface area contributed by atoms with Crippen LogP contribution in [0.2, 0.25) is 0 Å². The van der Waals surface area contributed by atoms with Crippen LogP contribution in [0.1, 0.15) is 25.3 Å². The van der Waals surface area contributed by atoms with Gasteiger partial charge in [-0.3, -0.25) is 9.59 Å². The summed E-state index contributed by atoms with van der Waals surface area (Å²) in [4.78, 5) is 26.4. The molecule has 1 aromatic rings. The van der Waals surface area contributed by atoms with Gasteiger partial charge in [0.15, 0.2) is 0 Å². The van der Waals surface area contributed by atoms with Gasteiger partial charge in [0.25, 0.3) is 0 Å². The first-order valence-electron chi connectivity index (χ1n) is 8.31. The molecule has 1 saturated heterocycles. The molecule has 132 valence electrons. The van der Waals surface area contributed by atoms with Gasteiger partial charge in [-0.2, -0.15) is 0 Å². The topological polar surface area (TPSA) is 84.7 Å². The van der Waals surface area contributed by atoms with Crippen LogP contribution in [0.4, 0.5) is 0 Å². The number of nitrogens with two attached hydrogens (primary N) is 1. The van der Waals surface area contributed by atoms with Gasteiger partial charge in [0.1, 0.15) is 12.6 Å². The summed E-state index contributed by atoms with van der Waals surface area (Å²) in [5.74, 6) is -0.251. The standard InChI is InChI=1S/C18H27N3O3/c1-12(2)17(20-16(22)11-24-3)18(23)21-9-14(15(19)10-21)13-7-5-4-6-8-13/h4-8,12,14-15,17H,9-11,19H2,1-3H3,(H,20,22)/t14-,15+,17-/m0/s1. The second kappa shape index (κ2) is 8.26. The van der Waals surface area contributed by atoms with E-state index in [4.69, 9.17) is 10.5 Å². The lowest BCUT2D eigenvalue weighted by molar-refractivity contribution is -0.137. The molecule has 1 heterocycles. The van der Waals surface area contributed by atoms with Crippen molar-refractivity contribution in [3.63, 3.8) is 0 Å². The Balaban J connectivity index is 2.06. The van der Waals surface area contributed by atoms with E-state index in [1.54, 1.807) is 4.90 Å². The highest BCUT2D eigenvalue weighted by Gasteiger charge is 2.37. The van der Waals surface area contributed by atoms with E-state index in [0.717, 1.165) is 5.56 Å². The van der Waals surface area contributed by atoms with Crippen molar-refractivity contribution in [1.29, 1.82) is 0 Å². The molecular weight excluding hydrogens is 306 g/mol. The summed E-state index contributed by atoms with van der Waals surface area (Å²) in [6.07, 6.45) is 0. The van der Waals surface area contributed by atoms with Gasteiger partial charge in [0, 0.05) is 32.2 Å². The molecule has 0 aromatic heterocycles. The number of carbonyl (C=O) groups excluding carboxylic acids is 2. The van der Waals surface area contributed by atoms with Crippen molar-refractivity contribution in [2.24, 2.45) is 11.7 Å². The largest absolute Gasteiger partial charge is 0.375 e. The molecular formula is C18H27N3O3. The van der Waals surface area contributed by atoms with E-state index >= 15 is 0 Å². The fourth-order valence-electron chi connectivity index (χ4n) is 3.12. The number of ether oxygens (including phenoxy) is 1. The zero-order chi connectivity index (χ0) is 17.7. The van der Waals surface area contributed by atoms with E-state index in [1.807, 2.05) is 44.2 Å². The Morgan fingerprint density at radius 1 is 1.29 bits per heavy atom. The van der Waals surface area contributed by atoms with E-state index < -0.39 is 6.04 Å². The molecule has 6 heteroatoms. The number of nitrogens with one attached hydrogen (secondary N) is 1. The fourth-order valence-corrected chi connectivity index (χ4v) is 3.12. The van der Waals surface area contributed by atoms with E-state index in [1.165, 1.54) is 7.11 Å². The van der Waals surface area contributed by atoms with E-state index in [2.05, 4.69) is 5.32 Å². The normalized spacial score (nSPS) is 21.8. The molecule has 1 fully saturated rings. The first kappa shape index (κ1) is 18.4. The Kier molecular flexibility index (Phi) is 6.34. The third kappa shape index (κ3) is 4.33. The van der Waals surface area contributed by atoms with Crippen LogP contribution in [0, 0.1) is 5.92 Å². The molecule has 3 atom stereocenters. The number of rotatable bonds is 6. The van der Waals surface area contributed by atoms with Crippen LogP contribution in [0.25, 0.3) is 0 Å². The third-order valence-electron chi connectivity index (χ3n) is 4.43. The van der Waals surface area contributed by atoms with Crippen molar-refractivity contribution < 1.29 is 14.3 Å². The van der Waals surface area contributed by atoms with Crippen LogP contribution >= 0.6 is 0 Å². The number of amides is 2. The third-order valence-corrected chi connectivity index (χ3v) is 4.43. The minimum atomic E-state index is -0.561. The monoisotopic (exact) mass is 333 g/mol. The maximum absolute atomic E-state index is 12.9. The van der Waals surface area contributed by atoms with Gasteiger partial charge in [0.2, 0.25) is 11.8 Å². The number of carbonyl (C=O) groups is 2. The van der Waals surface area contributed by atoms with Crippen molar-refractivity contribution in [3.8, 4) is 0 Å². The predicted molar refractivity (Wildman–Crippen MR) is 92.4 cm³/mol. The number of likely N-dealkylation sites (tertiary alicyclic amines) is 1. The summed E-state index contributed by atoms with van der Waals surface area (Å²) >= 11 is 0. The Bertz CT molecular complexity index is 562. The molecule has 1 aliphatic rings. The minimum absolute atomic E-state index is 0.00898. The maximum Gasteiger partial charge on any atom is 0.246 e. The van der Waals surface area contributed by atoms with Gasteiger partial charge in [0.05, 0.1) is 0 Å². The van der Waals surface area contributed by atoms with Crippen LogP contribution in [0.15, 0.2) is 30.3 Å². The molecule has 0 aliphatic carbocycles. The minimum Gasteiger partial charge on any atom is -0.375 e. The molecule has 24 heavy (non-hydrogen) atoms. The Morgan fingerprint density at radius 3 is 2.54 bits per heavy atom. The molecule has 1 aliphatic heterocycles. The van der Waals surface area contributed by atoms with Crippen molar-refractivity contribution in [3.05, 3.63) is 35.9 Å². The van der Waals surface area contributed by atoms with Gasteiger partial charge in [-0.1, -0.05) is 44.2 Å². The Labute approximate surface area is 143 Å². The molecule has 0 unspecified atom stereocenters. The Hall–Kier alpha value is -1.92. The molecule has 0 saturated carbocycles. The van der Waals surface area contributed by atoms with E-state index in [0.29, 0.717) is 13.1 Å². The lowest BCUT2D eigenvalue weighted by atomic mass is 9.95. The highest BCUT2D eigenvalue weighted by Crippen LogP contribution is 2.27. The predicted octanol–water partition coefficient (Wildman–Crippen LogP) is 0.727. The van der Waals surface area contributed by atoms with Gasteiger partial charge < -0.3 is 20.7 Å². The summed E-state index contributed by atoms with van der Waals surface area (Å²) in [7, 11) is 1.45. The molecule has 0 spiro atoms. The van der Waals surface area contributed by atoms with Crippen LogP contribution in [0.5, 0.6) is 0 Å². The second-order valence-corrected chi connectivity index (χ2v) is 6.65.